The van der Waals surface area contributed by atoms with Crippen LogP contribution in [0.15, 0.2) is 56.8 Å². The molecule has 0 bridgehead atoms. The lowest BCUT2D eigenvalue weighted by Crippen LogP contribution is -2.42. The van der Waals surface area contributed by atoms with Gasteiger partial charge in [-0.25, -0.2) is 4.98 Å². The first kappa shape index (κ1) is 27.6. The van der Waals surface area contributed by atoms with Gasteiger partial charge in [-0.2, -0.15) is 5.26 Å². The van der Waals surface area contributed by atoms with Crippen LogP contribution in [0.5, 0.6) is 0 Å². The average molecular weight is 619 g/mol. The predicted octanol–water partition coefficient (Wildman–Crippen LogP) is 5.97. The van der Waals surface area contributed by atoms with Crippen LogP contribution in [0.2, 0.25) is 10.0 Å². The lowest BCUT2D eigenvalue weighted by atomic mass is 9.68. The minimum absolute atomic E-state index is 0.106. The molecule has 14 heteroatoms. The number of Topliss-reactive ketones (excluding diaryl/α,β-unsaturated/α-hetero) is 1. The third-order valence-corrected chi connectivity index (χ3v) is 9.65. The van der Waals surface area contributed by atoms with Crippen LogP contribution in [0.1, 0.15) is 38.2 Å². The summed E-state index contributed by atoms with van der Waals surface area (Å²) in [6.07, 6.45) is 2.41. The lowest BCUT2D eigenvalue weighted by molar-refractivity contribution is -0.118. The van der Waals surface area contributed by atoms with Gasteiger partial charge in [0.2, 0.25) is 11.0 Å². The number of amides is 1. The maximum absolute atomic E-state index is 13.7. The first-order chi connectivity index (χ1) is 18.6. The maximum atomic E-state index is 13.7. The number of nitrogens with one attached hydrogen (secondary N) is 1. The zero-order valence-corrected chi connectivity index (χ0v) is 24.7. The molecule has 200 valence electrons. The second-order valence-corrected chi connectivity index (χ2v) is 13.5. The Morgan fingerprint density at radius 3 is 2.72 bits per heavy atom. The first-order valence-electron chi connectivity index (χ1n) is 11.7. The molecule has 3 heterocycles. The molecular formula is C25H21Cl2N7O2S3. The summed E-state index contributed by atoms with van der Waals surface area (Å²) >= 11 is 16.9. The van der Waals surface area contributed by atoms with Crippen molar-refractivity contribution in [1.29, 1.82) is 5.26 Å². The Bertz CT molecular complexity index is 1550. The summed E-state index contributed by atoms with van der Waals surface area (Å²) in [5.74, 6) is -0.889. The van der Waals surface area contributed by atoms with Gasteiger partial charge in [-0.1, -0.05) is 66.2 Å². The van der Waals surface area contributed by atoms with Crippen molar-refractivity contribution in [2.45, 2.75) is 36.9 Å². The predicted molar refractivity (Wildman–Crippen MR) is 155 cm³/mol. The van der Waals surface area contributed by atoms with E-state index >= 15 is 0 Å². The number of nitrogens with two attached hydrogens (primary N) is 1. The van der Waals surface area contributed by atoms with Crippen LogP contribution < -0.4 is 16.0 Å². The number of anilines is 2. The van der Waals surface area contributed by atoms with Gasteiger partial charge in [0.25, 0.3) is 0 Å². The number of carbonyl (C=O) groups is 2. The number of carbonyl (C=O) groups excluding carboxylic acids is 2. The highest BCUT2D eigenvalue weighted by molar-refractivity contribution is 8.01. The number of thiazole rings is 1. The van der Waals surface area contributed by atoms with Gasteiger partial charge in [0, 0.05) is 44.9 Å². The molecule has 3 N–H and O–H groups in total. The van der Waals surface area contributed by atoms with Gasteiger partial charge in [-0.05, 0) is 24.0 Å². The van der Waals surface area contributed by atoms with E-state index in [-0.39, 0.29) is 34.3 Å². The van der Waals surface area contributed by atoms with Crippen molar-refractivity contribution in [3.8, 4) is 6.07 Å². The normalized spacial score (nSPS) is 18.7. The van der Waals surface area contributed by atoms with E-state index in [1.165, 1.54) is 34.4 Å². The molecule has 3 aromatic rings. The molecule has 1 atom stereocenters. The Balaban J connectivity index is 1.53. The van der Waals surface area contributed by atoms with Crippen LogP contribution in [0, 0.1) is 16.7 Å². The zero-order valence-electron chi connectivity index (χ0n) is 20.7. The number of halogens is 2. The summed E-state index contributed by atoms with van der Waals surface area (Å²) < 4.78 is 0.533. The van der Waals surface area contributed by atoms with Crippen molar-refractivity contribution in [3.63, 3.8) is 0 Å². The maximum Gasteiger partial charge on any atom is 0.236 e. The molecule has 1 aliphatic carbocycles. The largest absolute Gasteiger partial charge is 0.384 e. The van der Waals surface area contributed by atoms with Crippen molar-refractivity contribution in [2.75, 3.05) is 16.0 Å². The molecule has 1 aromatic carbocycles. The number of aromatic nitrogens is 3. The second kappa shape index (κ2) is 10.9. The Morgan fingerprint density at radius 1 is 1.31 bits per heavy atom. The average Bonchev–Trinajstić information content (AvgIpc) is 3.54. The van der Waals surface area contributed by atoms with Crippen LogP contribution in [0.4, 0.5) is 10.3 Å². The quantitative estimate of drug-likeness (QED) is 0.320. The number of ketones is 1. The molecule has 0 saturated carbocycles. The molecule has 0 fully saturated rings. The molecule has 1 unspecified atom stereocenters. The summed E-state index contributed by atoms with van der Waals surface area (Å²) in [6.45, 7) is 4.01. The molecular weight excluding hydrogens is 597 g/mol. The third kappa shape index (κ3) is 5.42. The molecule has 0 saturated heterocycles. The summed E-state index contributed by atoms with van der Waals surface area (Å²) in [5, 5.41) is 24.9. The Morgan fingerprint density at radius 2 is 2.05 bits per heavy atom. The molecule has 39 heavy (non-hydrogen) atoms. The molecule has 2 aliphatic rings. The van der Waals surface area contributed by atoms with E-state index in [1.54, 1.807) is 34.7 Å². The van der Waals surface area contributed by atoms with Gasteiger partial charge >= 0.3 is 0 Å². The summed E-state index contributed by atoms with van der Waals surface area (Å²) in [4.78, 5) is 31.7. The first-order valence-corrected chi connectivity index (χ1v) is 15.1. The highest BCUT2D eigenvalue weighted by Gasteiger charge is 2.46. The fraction of sp³-hybridized carbons (Fsp3) is 0.280. The van der Waals surface area contributed by atoms with E-state index in [4.69, 9.17) is 28.9 Å². The summed E-state index contributed by atoms with van der Waals surface area (Å²) in [6, 6.07) is 7.27. The van der Waals surface area contributed by atoms with Gasteiger partial charge in [-0.3, -0.25) is 14.5 Å². The van der Waals surface area contributed by atoms with Crippen molar-refractivity contribution < 1.29 is 9.59 Å². The Hall–Kier alpha value is -2.95. The monoisotopic (exact) mass is 617 g/mol. The van der Waals surface area contributed by atoms with Crippen LogP contribution in [0.25, 0.3) is 0 Å². The van der Waals surface area contributed by atoms with Crippen LogP contribution in [0.3, 0.4) is 0 Å². The number of thioether (sulfide) groups is 1. The smallest absolute Gasteiger partial charge is 0.236 e. The van der Waals surface area contributed by atoms with Gasteiger partial charge < -0.3 is 11.1 Å². The number of nitrogens with zero attached hydrogens (tertiary/aromatic N) is 5. The van der Waals surface area contributed by atoms with Crippen molar-refractivity contribution >= 4 is 79.6 Å². The molecule has 5 rings (SSSR count). The zero-order chi connectivity index (χ0) is 27.9. The van der Waals surface area contributed by atoms with Crippen LogP contribution >= 0.6 is 57.6 Å². The van der Waals surface area contributed by atoms with Gasteiger partial charge in [0.05, 0.1) is 23.3 Å². The number of hydrogen-bond donors (Lipinski definition) is 2. The highest BCUT2D eigenvalue weighted by Crippen LogP contribution is 2.52. The molecule has 0 spiro atoms. The Kier molecular flexibility index (Phi) is 7.72. The van der Waals surface area contributed by atoms with E-state index in [1.807, 2.05) is 13.8 Å². The summed E-state index contributed by atoms with van der Waals surface area (Å²) in [5.41, 5.74) is 8.00. The molecule has 9 nitrogen and oxygen atoms in total. The van der Waals surface area contributed by atoms with E-state index < -0.39 is 5.92 Å². The minimum atomic E-state index is -0.803. The van der Waals surface area contributed by atoms with Crippen LogP contribution in [-0.2, 0) is 9.59 Å². The van der Waals surface area contributed by atoms with E-state index in [2.05, 4.69) is 26.6 Å². The standard InChI is InChI=1S/C25H21Cl2N7O2S3/c1-25(2)8-15-20(16(35)9-25)18(19-13(26)4-3-5-14(19)27)12(10-28)21(29)34(15)23-32-33-24(39-23)38-11-17(36)31-22-30-6-7-37-22/h3-7,18H,8-9,11,29H2,1-2H3,(H,30,31,36). The molecule has 2 aromatic heterocycles. The number of rotatable bonds is 6. The number of hydrogen-bond acceptors (Lipinski definition) is 11. The van der Waals surface area contributed by atoms with E-state index in [0.717, 1.165) is 0 Å². The minimum Gasteiger partial charge on any atom is -0.384 e. The van der Waals surface area contributed by atoms with Gasteiger partial charge in [0.15, 0.2) is 15.3 Å². The van der Waals surface area contributed by atoms with E-state index in [0.29, 0.717) is 54.3 Å². The van der Waals surface area contributed by atoms with Crippen molar-refractivity contribution in [3.05, 3.63) is 68.0 Å². The highest BCUT2D eigenvalue weighted by atomic mass is 35.5. The second-order valence-electron chi connectivity index (χ2n) is 9.64. The third-order valence-electron chi connectivity index (χ3n) is 6.26. The van der Waals surface area contributed by atoms with Crippen molar-refractivity contribution in [1.82, 2.24) is 15.2 Å². The Labute approximate surface area is 246 Å². The molecule has 0 radical (unpaired) electrons. The fourth-order valence-corrected chi connectivity index (χ4v) is 7.56. The lowest BCUT2D eigenvalue weighted by Gasteiger charge is -2.42. The molecule has 1 amide bonds. The summed E-state index contributed by atoms with van der Waals surface area (Å²) in [7, 11) is 0. The number of benzene rings is 1. The van der Waals surface area contributed by atoms with E-state index in [9.17, 15) is 14.9 Å². The number of nitriles is 1. The molecule has 1 aliphatic heterocycles. The van der Waals surface area contributed by atoms with Gasteiger partial charge in [-0.15, -0.1) is 21.5 Å². The van der Waals surface area contributed by atoms with Gasteiger partial charge in [0.1, 0.15) is 5.82 Å². The SMILES string of the molecule is CC1(C)CC(=O)C2=C(C1)N(c1nnc(SCC(=O)Nc3nccs3)s1)C(N)=C(C#N)C2c1c(Cl)cccc1Cl. The fourth-order valence-electron chi connectivity index (χ4n) is 4.72. The van der Waals surface area contributed by atoms with Crippen molar-refractivity contribution in [2.24, 2.45) is 11.1 Å². The number of allylic oxidation sites excluding steroid dienone is 3. The van der Waals surface area contributed by atoms with Crippen LogP contribution in [-0.4, -0.2) is 32.6 Å². The topological polar surface area (TPSA) is 138 Å².